The van der Waals surface area contributed by atoms with Gasteiger partial charge in [-0.15, -0.1) is 0 Å². The van der Waals surface area contributed by atoms with E-state index in [0.717, 1.165) is 21.5 Å². The third kappa shape index (κ3) is 2.59. The molecule has 0 saturated carbocycles. The van der Waals surface area contributed by atoms with Crippen molar-refractivity contribution in [3.63, 3.8) is 0 Å². The number of hydrogen-bond acceptors (Lipinski definition) is 2. The van der Waals surface area contributed by atoms with Crippen molar-refractivity contribution >= 4 is 22.0 Å². The summed E-state index contributed by atoms with van der Waals surface area (Å²) in [7, 11) is 1.65. The van der Waals surface area contributed by atoms with Crippen molar-refractivity contribution < 1.29 is 9.47 Å². The second kappa shape index (κ2) is 5.94. The van der Waals surface area contributed by atoms with Crippen LogP contribution in [0.2, 0.25) is 0 Å². The third-order valence-electron chi connectivity index (χ3n) is 2.16. The molecule has 0 aliphatic carbocycles. The van der Waals surface area contributed by atoms with Crippen molar-refractivity contribution in [3.8, 4) is 11.5 Å². The van der Waals surface area contributed by atoms with E-state index < -0.39 is 0 Å². The zero-order valence-electron chi connectivity index (χ0n) is 10.1. The van der Waals surface area contributed by atoms with Gasteiger partial charge in [0.2, 0.25) is 0 Å². The van der Waals surface area contributed by atoms with E-state index in [2.05, 4.69) is 28.9 Å². The van der Waals surface area contributed by atoms with Gasteiger partial charge in [0.25, 0.3) is 0 Å². The lowest BCUT2D eigenvalue weighted by molar-refractivity contribution is 0.315. The van der Waals surface area contributed by atoms with Crippen LogP contribution < -0.4 is 9.47 Å². The van der Waals surface area contributed by atoms with Crippen molar-refractivity contribution in [3.05, 3.63) is 27.7 Å². The Kier molecular flexibility index (Phi) is 4.87. The van der Waals surface area contributed by atoms with E-state index in [1.165, 1.54) is 5.57 Å². The molecule has 1 aromatic carbocycles. The van der Waals surface area contributed by atoms with Gasteiger partial charge >= 0.3 is 0 Å². The second-order valence-corrected chi connectivity index (χ2v) is 4.13. The first kappa shape index (κ1) is 13.1. The first-order valence-corrected chi connectivity index (χ1v) is 6.18. The highest BCUT2D eigenvalue weighted by Crippen LogP contribution is 2.39. The third-order valence-corrected chi connectivity index (χ3v) is 2.85. The van der Waals surface area contributed by atoms with E-state index >= 15 is 0 Å². The van der Waals surface area contributed by atoms with Crippen LogP contribution in [-0.4, -0.2) is 13.7 Å². The summed E-state index contributed by atoms with van der Waals surface area (Å²) in [5.74, 6) is 1.61. The van der Waals surface area contributed by atoms with Crippen molar-refractivity contribution in [2.24, 2.45) is 0 Å². The highest BCUT2D eigenvalue weighted by Gasteiger charge is 2.16. The molecule has 0 saturated heterocycles. The lowest BCUT2D eigenvalue weighted by Gasteiger charge is -2.19. The first-order valence-electron chi connectivity index (χ1n) is 5.39. The SMILES string of the molecule is CC.COc1ccc(Br)c2c1OCC(C)=C2. The molecule has 16 heavy (non-hydrogen) atoms. The quantitative estimate of drug-likeness (QED) is 0.766. The minimum Gasteiger partial charge on any atom is -0.493 e. The lowest BCUT2D eigenvalue weighted by Crippen LogP contribution is -2.06. The van der Waals surface area contributed by atoms with E-state index in [1.807, 2.05) is 26.0 Å². The lowest BCUT2D eigenvalue weighted by atomic mass is 10.1. The molecular formula is C13H17BrO2. The molecule has 1 aliphatic heterocycles. The summed E-state index contributed by atoms with van der Waals surface area (Å²) >= 11 is 3.49. The molecule has 88 valence electrons. The van der Waals surface area contributed by atoms with Gasteiger partial charge in [0.05, 0.1) is 7.11 Å². The summed E-state index contributed by atoms with van der Waals surface area (Å²) in [5.41, 5.74) is 2.28. The van der Waals surface area contributed by atoms with Crippen LogP contribution in [0.1, 0.15) is 26.3 Å². The van der Waals surface area contributed by atoms with Crippen molar-refractivity contribution in [2.45, 2.75) is 20.8 Å². The Hall–Kier alpha value is -0.960. The molecule has 0 amide bonds. The summed E-state index contributed by atoms with van der Waals surface area (Å²) < 4.78 is 11.9. The fourth-order valence-corrected chi connectivity index (χ4v) is 1.90. The number of fused-ring (bicyclic) bond motifs is 1. The maximum atomic E-state index is 5.62. The minimum absolute atomic E-state index is 0.639. The average Bonchev–Trinajstić information content (AvgIpc) is 2.33. The van der Waals surface area contributed by atoms with Crippen LogP contribution in [0.15, 0.2) is 22.2 Å². The van der Waals surface area contributed by atoms with Gasteiger partial charge in [-0.3, -0.25) is 0 Å². The Morgan fingerprint density at radius 2 is 2.00 bits per heavy atom. The van der Waals surface area contributed by atoms with Crippen molar-refractivity contribution in [2.75, 3.05) is 13.7 Å². The topological polar surface area (TPSA) is 18.5 Å². The zero-order chi connectivity index (χ0) is 12.1. The minimum atomic E-state index is 0.639. The normalized spacial score (nSPS) is 12.7. The summed E-state index contributed by atoms with van der Waals surface area (Å²) in [4.78, 5) is 0. The van der Waals surface area contributed by atoms with E-state index in [-0.39, 0.29) is 0 Å². The summed E-state index contributed by atoms with van der Waals surface area (Å²) in [6, 6.07) is 3.87. The van der Waals surface area contributed by atoms with Gasteiger partial charge < -0.3 is 9.47 Å². The summed E-state index contributed by atoms with van der Waals surface area (Å²) in [6.45, 7) is 6.69. The molecule has 0 bridgehead atoms. The van der Waals surface area contributed by atoms with E-state index in [4.69, 9.17) is 9.47 Å². The fourth-order valence-electron chi connectivity index (χ4n) is 1.47. The molecule has 1 heterocycles. The van der Waals surface area contributed by atoms with Crippen LogP contribution in [0.3, 0.4) is 0 Å². The predicted molar refractivity (Wildman–Crippen MR) is 71.2 cm³/mol. The van der Waals surface area contributed by atoms with Crippen LogP contribution in [0.25, 0.3) is 6.08 Å². The molecule has 1 aliphatic rings. The molecule has 2 nitrogen and oxygen atoms in total. The van der Waals surface area contributed by atoms with Crippen LogP contribution in [-0.2, 0) is 0 Å². The molecule has 3 heteroatoms. The Balaban J connectivity index is 0.000000606. The van der Waals surface area contributed by atoms with Crippen LogP contribution >= 0.6 is 15.9 Å². The predicted octanol–water partition coefficient (Wildman–Crippen LogP) is 4.28. The standard InChI is InChI=1S/C11H11BrO2.C2H6/c1-7-5-8-9(12)3-4-10(13-2)11(8)14-6-7;1-2/h3-5H,6H2,1-2H3;1-2H3. The van der Waals surface area contributed by atoms with Gasteiger partial charge in [0.1, 0.15) is 6.61 Å². The highest BCUT2D eigenvalue weighted by molar-refractivity contribution is 9.10. The number of benzene rings is 1. The van der Waals surface area contributed by atoms with Gasteiger partial charge in [0.15, 0.2) is 11.5 Å². The molecule has 0 spiro atoms. The fraction of sp³-hybridized carbons (Fsp3) is 0.385. The first-order chi connectivity index (χ1) is 7.72. The van der Waals surface area contributed by atoms with Gasteiger partial charge in [-0.2, -0.15) is 0 Å². The maximum Gasteiger partial charge on any atom is 0.169 e. The molecule has 0 N–H and O–H groups in total. The molecule has 0 unspecified atom stereocenters. The Labute approximate surface area is 105 Å². The Morgan fingerprint density at radius 1 is 1.31 bits per heavy atom. The molecular weight excluding hydrogens is 268 g/mol. The molecule has 2 rings (SSSR count). The van der Waals surface area contributed by atoms with Crippen molar-refractivity contribution in [1.29, 1.82) is 0 Å². The second-order valence-electron chi connectivity index (χ2n) is 3.27. The van der Waals surface area contributed by atoms with Crippen LogP contribution in [0, 0.1) is 0 Å². The van der Waals surface area contributed by atoms with Gasteiger partial charge in [-0.05, 0) is 30.7 Å². The molecule has 1 aromatic rings. The molecule has 0 aromatic heterocycles. The van der Waals surface area contributed by atoms with Gasteiger partial charge in [-0.1, -0.05) is 29.8 Å². The zero-order valence-corrected chi connectivity index (χ0v) is 11.7. The highest BCUT2D eigenvalue weighted by atomic mass is 79.9. The largest absolute Gasteiger partial charge is 0.493 e. The number of hydrogen-bond donors (Lipinski definition) is 0. The summed E-state index contributed by atoms with van der Waals surface area (Å²) in [6.07, 6.45) is 2.12. The summed E-state index contributed by atoms with van der Waals surface area (Å²) in [5, 5.41) is 0. The average molecular weight is 285 g/mol. The number of ether oxygens (including phenoxy) is 2. The number of methoxy groups -OCH3 is 1. The number of halogens is 1. The van der Waals surface area contributed by atoms with E-state index in [9.17, 15) is 0 Å². The maximum absolute atomic E-state index is 5.62. The smallest absolute Gasteiger partial charge is 0.169 e. The van der Waals surface area contributed by atoms with E-state index in [0.29, 0.717) is 6.61 Å². The van der Waals surface area contributed by atoms with Gasteiger partial charge in [0, 0.05) is 10.0 Å². The number of rotatable bonds is 1. The van der Waals surface area contributed by atoms with Crippen LogP contribution in [0.5, 0.6) is 11.5 Å². The Morgan fingerprint density at radius 3 is 2.62 bits per heavy atom. The Bertz CT molecular complexity index is 397. The van der Waals surface area contributed by atoms with Crippen LogP contribution in [0.4, 0.5) is 0 Å². The van der Waals surface area contributed by atoms with Crippen molar-refractivity contribution in [1.82, 2.24) is 0 Å². The monoisotopic (exact) mass is 284 g/mol. The van der Waals surface area contributed by atoms with Gasteiger partial charge in [-0.25, -0.2) is 0 Å². The molecule has 0 radical (unpaired) electrons. The van der Waals surface area contributed by atoms with E-state index in [1.54, 1.807) is 7.11 Å². The molecule has 0 atom stereocenters. The molecule has 0 fully saturated rings.